The highest BCUT2D eigenvalue weighted by Crippen LogP contribution is 2.50. The van der Waals surface area contributed by atoms with Gasteiger partial charge in [-0.3, -0.25) is 9.13 Å². The van der Waals surface area contributed by atoms with Gasteiger partial charge in [0.25, 0.3) is 0 Å². The lowest BCUT2D eigenvalue weighted by molar-refractivity contribution is 0.668. The third-order valence-corrected chi connectivity index (χ3v) is 30.6. The molecule has 0 saturated carbocycles. The molecule has 0 spiro atoms. The SMILES string of the molecule is Clc1c2c(cc3ccccc13)Cc1ccccc1-2.Clc1c2ccccc2cc2c1c1ccccc1n2-c1nc(-c2ccc3oc4ccccc4c3c2)nc2ccccc12.Clc1nc(-c2ccc3oc4ccccc4c3c2)nc2ccccc12.c1ccc2c(-n3c4ccccc4c4ccccc43)c3c4ccccc4n(-c4nc(-c5ccc6oc7ccccc7c6c5)nc5ccccc45)c3cc2c1.c1ccc2c(c1)Cc1ccccc1-2. The smallest absolute Gasteiger partial charge is 0.162 e. The number of furan rings is 3. The van der Waals surface area contributed by atoms with Crippen LogP contribution >= 0.6 is 34.8 Å². The van der Waals surface area contributed by atoms with Crippen LogP contribution in [0.4, 0.5) is 0 Å². The second kappa shape index (κ2) is 35.4. The monoisotopic (exact) mass is 1970 g/mol. The average molecular weight is 1970 g/mol. The standard InChI is InChI=1S/C48H28N4O.C36H20ClN3O.C20H11ClN2O.C17H11Cl.C13H10/c1-2-14-31-29(13-1)28-42-45(46(31)51-39-21-9-4-15-32(39)33-16-5-10-22-40(33)51)36-19-6-11-23-41(36)52(42)48-35-18-3-8-20-38(35)49-47(50-48)30-25-26-44-37(27-30)34-17-7-12-24-43(34)53-44;37-34-23-10-2-1-9-21(23)20-30-33(34)26-13-4-7-15-29(26)40(30)36-25-12-3-6-14-28(25)38-35(39-36)22-17-18-32-27(19-22)24-11-5-8-16-31(24)41-32;21-19-14-6-1-3-7-16(14)22-20(23-19)12-9-10-18-15(11-12)13-5-2-4-8-17(13)24-18;18-17-15-8-4-2-6-12(15)10-13-9-11-5-1-3-7-14(11)16(13)17;1-3-7-12-10(5-1)9-11-6-2-4-8-13(11)12/h1-28H;1-20H;1-11H;1-8,10H,9H2;1-8H,9H2. The van der Waals surface area contributed by atoms with Crippen molar-refractivity contribution >= 4 is 231 Å². The number of aromatic nitrogens is 9. The zero-order valence-corrected chi connectivity index (χ0v) is 81.9. The van der Waals surface area contributed by atoms with E-state index in [0.717, 1.165) is 204 Å². The molecule has 2 aliphatic rings. The van der Waals surface area contributed by atoms with Crippen LogP contribution < -0.4 is 0 Å². The summed E-state index contributed by atoms with van der Waals surface area (Å²) >= 11 is 20.1. The van der Waals surface area contributed by atoms with E-state index in [0.29, 0.717) is 22.6 Å². The summed E-state index contributed by atoms with van der Waals surface area (Å²) in [4.78, 5) is 30.1. The first-order valence-corrected chi connectivity index (χ1v) is 51.0. The normalized spacial score (nSPS) is 12.1. The molecule has 700 valence electrons. The van der Waals surface area contributed by atoms with Crippen molar-refractivity contribution in [2.45, 2.75) is 12.8 Å². The molecule has 22 aromatic carbocycles. The number of rotatable bonds is 6. The third kappa shape index (κ3) is 14.5. The second-order valence-electron chi connectivity index (χ2n) is 38.1. The maximum Gasteiger partial charge on any atom is 0.162 e. The molecule has 2 aliphatic carbocycles. The molecule has 0 fully saturated rings. The van der Waals surface area contributed by atoms with Gasteiger partial charge in [-0.15, -0.1) is 0 Å². The van der Waals surface area contributed by atoms with Gasteiger partial charge in [0.05, 0.1) is 65.4 Å². The van der Waals surface area contributed by atoms with Crippen LogP contribution in [-0.4, -0.2) is 43.6 Å². The van der Waals surface area contributed by atoms with Gasteiger partial charge in [0.15, 0.2) is 17.5 Å². The van der Waals surface area contributed by atoms with Crippen LogP contribution in [0.2, 0.25) is 15.2 Å². The van der Waals surface area contributed by atoms with Crippen molar-refractivity contribution in [3.63, 3.8) is 0 Å². The summed E-state index contributed by atoms with van der Waals surface area (Å²) in [7, 11) is 0. The molecule has 33 rings (SSSR count). The molecule has 9 heterocycles. The summed E-state index contributed by atoms with van der Waals surface area (Å²) in [5, 5.41) is 25.1. The van der Waals surface area contributed by atoms with Gasteiger partial charge in [-0.1, -0.05) is 350 Å². The minimum absolute atomic E-state index is 0.466. The van der Waals surface area contributed by atoms with E-state index in [-0.39, 0.29) is 0 Å². The Morgan fingerprint density at radius 2 is 0.517 bits per heavy atom. The maximum atomic E-state index is 7.14. The highest BCUT2D eigenvalue weighted by atomic mass is 35.5. The highest BCUT2D eigenvalue weighted by molar-refractivity contribution is 6.43. The highest BCUT2D eigenvalue weighted by Gasteiger charge is 2.29. The minimum atomic E-state index is 0.466. The van der Waals surface area contributed by atoms with Crippen molar-refractivity contribution in [3.05, 3.63) is 498 Å². The van der Waals surface area contributed by atoms with Crippen LogP contribution in [0.25, 0.3) is 270 Å². The van der Waals surface area contributed by atoms with Crippen LogP contribution in [0.15, 0.2) is 474 Å². The number of benzene rings is 22. The van der Waals surface area contributed by atoms with Gasteiger partial charge in [0, 0.05) is 119 Å². The Balaban J connectivity index is 0.0000000953. The first-order chi connectivity index (χ1) is 73.6. The molecule has 0 atom stereocenters. The summed E-state index contributed by atoms with van der Waals surface area (Å²) in [6.07, 6.45) is 2.10. The average Bonchev–Trinajstić information content (AvgIpc) is 1.54. The molecule has 0 saturated heterocycles. The number of nitrogens with zero attached hydrogens (tertiary/aromatic N) is 9. The van der Waals surface area contributed by atoms with Gasteiger partial charge in [-0.25, -0.2) is 29.9 Å². The molecule has 15 heteroatoms. The van der Waals surface area contributed by atoms with E-state index in [2.05, 4.69) is 339 Å². The Morgan fingerprint density at radius 3 is 0.993 bits per heavy atom. The number of fused-ring (bicyclic) bond motifs is 30. The number of halogens is 3. The number of para-hydroxylation sites is 10. The number of hydrogen-bond acceptors (Lipinski definition) is 9. The van der Waals surface area contributed by atoms with Gasteiger partial charge in [0.2, 0.25) is 0 Å². The van der Waals surface area contributed by atoms with Gasteiger partial charge in [-0.05, 0) is 214 Å². The summed E-state index contributed by atoms with van der Waals surface area (Å²) in [5.74, 6) is 3.60. The lowest BCUT2D eigenvalue weighted by atomic mass is 10.0. The van der Waals surface area contributed by atoms with E-state index >= 15 is 0 Å². The van der Waals surface area contributed by atoms with E-state index in [1.54, 1.807) is 0 Å². The topological polar surface area (TPSA) is 132 Å². The van der Waals surface area contributed by atoms with Crippen LogP contribution in [0.3, 0.4) is 0 Å². The van der Waals surface area contributed by atoms with Gasteiger partial charge in [-0.2, -0.15) is 0 Å². The summed E-state index contributed by atoms with van der Waals surface area (Å²) in [6.45, 7) is 0. The molecular formula is C134H80Cl3N9O3. The largest absolute Gasteiger partial charge is 0.456 e. The van der Waals surface area contributed by atoms with Gasteiger partial charge >= 0.3 is 0 Å². The predicted octanol–water partition coefficient (Wildman–Crippen LogP) is 36.8. The lowest BCUT2D eigenvalue weighted by Gasteiger charge is -2.16. The van der Waals surface area contributed by atoms with Crippen molar-refractivity contribution in [3.8, 4) is 73.7 Å². The third-order valence-electron chi connectivity index (χ3n) is 29.6. The van der Waals surface area contributed by atoms with Gasteiger partial charge in [0.1, 0.15) is 50.3 Å². The molecular weight excluding hydrogens is 1890 g/mol. The van der Waals surface area contributed by atoms with Crippen molar-refractivity contribution in [2.24, 2.45) is 0 Å². The quantitative estimate of drug-likeness (QED) is 0.149. The zero-order valence-electron chi connectivity index (χ0n) is 79.7. The Bertz CT molecular complexity index is 10900. The van der Waals surface area contributed by atoms with Crippen molar-refractivity contribution < 1.29 is 13.3 Å². The molecule has 149 heavy (non-hydrogen) atoms. The van der Waals surface area contributed by atoms with Crippen LogP contribution in [0.5, 0.6) is 0 Å². The molecule has 12 nitrogen and oxygen atoms in total. The van der Waals surface area contributed by atoms with E-state index in [1.165, 1.54) is 93.5 Å². The molecule has 0 amide bonds. The van der Waals surface area contributed by atoms with Crippen molar-refractivity contribution in [1.29, 1.82) is 0 Å². The summed E-state index contributed by atoms with van der Waals surface area (Å²) in [5.41, 5.74) is 29.3. The Hall–Kier alpha value is -18.7. The molecule has 0 N–H and O–H groups in total. The predicted molar refractivity (Wildman–Crippen MR) is 617 cm³/mol. The Labute approximate surface area is 866 Å². The Morgan fingerprint density at radius 1 is 0.201 bits per heavy atom. The molecule has 31 aromatic rings. The van der Waals surface area contributed by atoms with Crippen LogP contribution in [0, 0.1) is 0 Å². The van der Waals surface area contributed by atoms with Crippen molar-refractivity contribution in [2.75, 3.05) is 0 Å². The molecule has 0 unspecified atom stereocenters. The Kier molecular flexibility index (Phi) is 20.6. The molecule has 0 aliphatic heterocycles. The first kappa shape index (κ1) is 86.9. The fourth-order valence-corrected chi connectivity index (χ4v) is 23.8. The van der Waals surface area contributed by atoms with Crippen molar-refractivity contribution in [1.82, 2.24) is 43.6 Å². The lowest BCUT2D eigenvalue weighted by Crippen LogP contribution is -2.03. The van der Waals surface area contributed by atoms with Crippen LogP contribution in [-0.2, 0) is 12.8 Å². The van der Waals surface area contributed by atoms with E-state index in [4.69, 9.17) is 68.0 Å². The maximum absolute atomic E-state index is 7.14. The number of hydrogen-bond donors (Lipinski definition) is 0. The molecule has 0 radical (unpaired) electrons. The van der Waals surface area contributed by atoms with E-state index in [9.17, 15) is 0 Å². The van der Waals surface area contributed by atoms with Crippen LogP contribution in [0.1, 0.15) is 22.3 Å². The fourth-order valence-electron chi connectivity index (χ4n) is 22.8. The first-order valence-electron chi connectivity index (χ1n) is 49.8. The summed E-state index contributed by atoms with van der Waals surface area (Å²) in [6, 6.07) is 160. The van der Waals surface area contributed by atoms with E-state index < -0.39 is 0 Å². The minimum Gasteiger partial charge on any atom is -0.456 e. The van der Waals surface area contributed by atoms with E-state index in [1.807, 2.05) is 146 Å². The van der Waals surface area contributed by atoms with Gasteiger partial charge < -0.3 is 17.8 Å². The molecule has 0 bridgehead atoms. The zero-order chi connectivity index (χ0) is 98.6. The molecule has 9 aromatic heterocycles. The fraction of sp³-hybridized carbons (Fsp3) is 0.0149. The summed E-state index contributed by atoms with van der Waals surface area (Å²) < 4.78 is 25.2. The second-order valence-corrected chi connectivity index (χ2v) is 39.2.